The topological polar surface area (TPSA) is 54.7 Å². The minimum Gasteiger partial charge on any atom is -0.465 e. The van der Waals surface area contributed by atoms with Gasteiger partial charge in [0.05, 0.1) is 13.7 Å². The standard InChI is InChI=1S/C13H20N2O3/c1-9-7-15(5-4-14-9)8-11-6-12(10(2)18-11)13(16)17-3/h6,9,14H,4-5,7-8H2,1-3H3. The number of nitrogens with zero attached hydrogens (tertiary/aromatic N) is 1. The zero-order chi connectivity index (χ0) is 13.1. The lowest BCUT2D eigenvalue weighted by Crippen LogP contribution is -2.48. The maximum Gasteiger partial charge on any atom is 0.341 e. The van der Waals surface area contributed by atoms with E-state index in [-0.39, 0.29) is 5.97 Å². The molecule has 0 aliphatic carbocycles. The summed E-state index contributed by atoms with van der Waals surface area (Å²) < 4.78 is 10.3. The second-order valence-corrected chi connectivity index (χ2v) is 4.76. The van der Waals surface area contributed by atoms with Crippen LogP contribution in [0.2, 0.25) is 0 Å². The molecule has 18 heavy (non-hydrogen) atoms. The van der Waals surface area contributed by atoms with Gasteiger partial charge in [-0.2, -0.15) is 0 Å². The molecule has 0 bridgehead atoms. The number of aryl methyl sites for hydroxylation is 1. The molecule has 5 nitrogen and oxygen atoms in total. The summed E-state index contributed by atoms with van der Waals surface area (Å²) in [5.41, 5.74) is 0.524. The molecule has 0 radical (unpaired) electrons. The van der Waals surface area contributed by atoms with Gasteiger partial charge < -0.3 is 14.5 Å². The highest BCUT2D eigenvalue weighted by Crippen LogP contribution is 2.17. The van der Waals surface area contributed by atoms with E-state index in [2.05, 4.69) is 17.1 Å². The number of rotatable bonds is 3. The number of carbonyl (C=O) groups excluding carboxylic acids is 1. The third-order valence-electron chi connectivity index (χ3n) is 3.21. The minimum absolute atomic E-state index is 0.337. The first-order chi connectivity index (χ1) is 8.60. The van der Waals surface area contributed by atoms with Crippen LogP contribution in [0.4, 0.5) is 0 Å². The summed E-state index contributed by atoms with van der Waals surface area (Å²) in [6, 6.07) is 2.28. The van der Waals surface area contributed by atoms with Gasteiger partial charge >= 0.3 is 5.97 Å². The molecule has 0 spiro atoms. The molecule has 0 amide bonds. The Labute approximate surface area is 107 Å². The van der Waals surface area contributed by atoms with Crippen LogP contribution in [0.25, 0.3) is 0 Å². The minimum atomic E-state index is -0.337. The van der Waals surface area contributed by atoms with Gasteiger partial charge in [-0.15, -0.1) is 0 Å². The average molecular weight is 252 g/mol. The first-order valence-electron chi connectivity index (χ1n) is 6.23. The van der Waals surface area contributed by atoms with Crippen LogP contribution in [0.15, 0.2) is 10.5 Å². The molecule has 1 aliphatic heterocycles. The molecule has 0 saturated carbocycles. The molecule has 1 atom stereocenters. The van der Waals surface area contributed by atoms with E-state index in [0.717, 1.165) is 31.9 Å². The zero-order valence-electron chi connectivity index (χ0n) is 11.2. The van der Waals surface area contributed by atoms with Crippen LogP contribution in [0, 0.1) is 6.92 Å². The number of methoxy groups -OCH3 is 1. The lowest BCUT2D eigenvalue weighted by atomic mass is 10.2. The summed E-state index contributed by atoms with van der Waals surface area (Å²) in [6.45, 7) is 7.68. The molecule has 2 rings (SSSR count). The number of piperazine rings is 1. The molecule has 1 fully saturated rings. The summed E-state index contributed by atoms with van der Waals surface area (Å²) in [6.07, 6.45) is 0. The van der Waals surface area contributed by atoms with Crippen molar-refractivity contribution in [3.05, 3.63) is 23.2 Å². The summed E-state index contributed by atoms with van der Waals surface area (Å²) in [4.78, 5) is 13.8. The van der Waals surface area contributed by atoms with Crippen LogP contribution >= 0.6 is 0 Å². The molecular formula is C13H20N2O3. The molecule has 1 aliphatic rings. The number of furan rings is 1. The van der Waals surface area contributed by atoms with Crippen molar-refractivity contribution in [1.29, 1.82) is 0 Å². The van der Waals surface area contributed by atoms with Crippen LogP contribution in [-0.4, -0.2) is 43.7 Å². The quantitative estimate of drug-likeness (QED) is 0.818. The highest BCUT2D eigenvalue weighted by Gasteiger charge is 2.20. The maximum atomic E-state index is 11.5. The van der Waals surface area contributed by atoms with Crippen molar-refractivity contribution in [2.24, 2.45) is 0 Å². The molecule has 1 saturated heterocycles. The number of carbonyl (C=O) groups is 1. The molecule has 0 aromatic carbocycles. The third-order valence-corrected chi connectivity index (χ3v) is 3.21. The fourth-order valence-electron chi connectivity index (χ4n) is 2.31. The van der Waals surface area contributed by atoms with Gasteiger partial charge in [-0.1, -0.05) is 0 Å². The molecule has 1 N–H and O–H groups in total. The van der Waals surface area contributed by atoms with Crippen LogP contribution in [-0.2, 0) is 11.3 Å². The van der Waals surface area contributed by atoms with Crippen LogP contribution < -0.4 is 5.32 Å². The van der Waals surface area contributed by atoms with Crippen molar-refractivity contribution < 1.29 is 13.9 Å². The van der Waals surface area contributed by atoms with Crippen molar-refractivity contribution in [2.45, 2.75) is 26.4 Å². The fourth-order valence-corrected chi connectivity index (χ4v) is 2.31. The first kappa shape index (κ1) is 13.1. The third kappa shape index (κ3) is 2.91. The maximum absolute atomic E-state index is 11.5. The summed E-state index contributed by atoms with van der Waals surface area (Å²) in [5, 5.41) is 3.40. The Morgan fingerprint density at radius 2 is 2.44 bits per heavy atom. The number of hydrogen-bond donors (Lipinski definition) is 1. The van der Waals surface area contributed by atoms with E-state index in [1.807, 2.05) is 0 Å². The fraction of sp³-hybridized carbons (Fsp3) is 0.615. The van der Waals surface area contributed by atoms with E-state index in [0.29, 0.717) is 17.4 Å². The second-order valence-electron chi connectivity index (χ2n) is 4.76. The number of hydrogen-bond acceptors (Lipinski definition) is 5. The Hall–Kier alpha value is -1.33. The molecule has 5 heteroatoms. The Bertz CT molecular complexity index is 428. The molecule has 2 heterocycles. The highest BCUT2D eigenvalue weighted by molar-refractivity contribution is 5.90. The predicted molar refractivity (Wildman–Crippen MR) is 67.5 cm³/mol. The number of nitrogens with one attached hydrogen (secondary N) is 1. The number of ether oxygens (including phenoxy) is 1. The van der Waals surface area contributed by atoms with Gasteiger partial charge in [0.25, 0.3) is 0 Å². The monoisotopic (exact) mass is 252 g/mol. The van der Waals surface area contributed by atoms with Crippen LogP contribution in [0.1, 0.15) is 28.8 Å². The van der Waals surface area contributed by atoms with Gasteiger partial charge in [0, 0.05) is 25.7 Å². The van der Waals surface area contributed by atoms with E-state index in [1.165, 1.54) is 7.11 Å². The van der Waals surface area contributed by atoms with Crippen molar-refractivity contribution >= 4 is 5.97 Å². The van der Waals surface area contributed by atoms with Gasteiger partial charge in [-0.05, 0) is 19.9 Å². The first-order valence-corrected chi connectivity index (χ1v) is 6.23. The van der Waals surface area contributed by atoms with Gasteiger partial charge in [0.1, 0.15) is 17.1 Å². The Balaban J connectivity index is 2.03. The van der Waals surface area contributed by atoms with Crippen molar-refractivity contribution in [2.75, 3.05) is 26.7 Å². The SMILES string of the molecule is COC(=O)c1cc(CN2CCNC(C)C2)oc1C. The normalized spacial score (nSPS) is 20.9. The molecule has 1 aromatic heterocycles. The summed E-state index contributed by atoms with van der Waals surface area (Å²) >= 11 is 0. The molecule has 100 valence electrons. The second kappa shape index (κ2) is 5.54. The molecule has 1 unspecified atom stereocenters. The number of esters is 1. The highest BCUT2D eigenvalue weighted by atomic mass is 16.5. The van der Waals surface area contributed by atoms with Crippen molar-refractivity contribution in [3.63, 3.8) is 0 Å². The van der Waals surface area contributed by atoms with Crippen LogP contribution in [0.3, 0.4) is 0 Å². The predicted octanol–water partition coefficient (Wildman–Crippen LogP) is 1.17. The largest absolute Gasteiger partial charge is 0.465 e. The van der Waals surface area contributed by atoms with Gasteiger partial charge in [-0.3, -0.25) is 4.90 Å². The Morgan fingerprint density at radius 3 is 3.11 bits per heavy atom. The Kier molecular flexibility index (Phi) is 4.04. The average Bonchev–Trinajstić information content (AvgIpc) is 2.69. The van der Waals surface area contributed by atoms with Crippen molar-refractivity contribution in [1.82, 2.24) is 10.2 Å². The Morgan fingerprint density at radius 1 is 1.67 bits per heavy atom. The lowest BCUT2D eigenvalue weighted by molar-refractivity contribution is 0.0599. The zero-order valence-corrected chi connectivity index (χ0v) is 11.2. The summed E-state index contributed by atoms with van der Waals surface area (Å²) in [7, 11) is 1.38. The van der Waals surface area contributed by atoms with Crippen molar-refractivity contribution in [3.8, 4) is 0 Å². The van der Waals surface area contributed by atoms with Gasteiger partial charge in [0.15, 0.2) is 0 Å². The summed E-state index contributed by atoms with van der Waals surface area (Å²) in [5.74, 6) is 1.11. The van der Waals surface area contributed by atoms with Crippen LogP contribution in [0.5, 0.6) is 0 Å². The van der Waals surface area contributed by atoms with Gasteiger partial charge in [0.2, 0.25) is 0 Å². The molecule has 1 aromatic rings. The van der Waals surface area contributed by atoms with E-state index >= 15 is 0 Å². The molecular weight excluding hydrogens is 232 g/mol. The van der Waals surface area contributed by atoms with Gasteiger partial charge in [-0.25, -0.2) is 4.79 Å². The van der Waals surface area contributed by atoms with E-state index in [1.54, 1.807) is 13.0 Å². The van der Waals surface area contributed by atoms with E-state index in [9.17, 15) is 4.79 Å². The van der Waals surface area contributed by atoms with E-state index < -0.39 is 0 Å². The smallest absolute Gasteiger partial charge is 0.341 e. The van der Waals surface area contributed by atoms with E-state index in [4.69, 9.17) is 9.15 Å². The lowest BCUT2D eigenvalue weighted by Gasteiger charge is -2.31.